The van der Waals surface area contributed by atoms with Gasteiger partial charge in [0.05, 0.1) is 18.6 Å². The van der Waals surface area contributed by atoms with Crippen molar-refractivity contribution >= 4 is 11.8 Å². The number of rotatable bonds is 4. The lowest BCUT2D eigenvalue weighted by Gasteiger charge is -2.13. The number of hydrogen-bond donors (Lipinski definition) is 0. The molecule has 2 unspecified atom stereocenters. The zero-order valence-electron chi connectivity index (χ0n) is 8.03. The number of carbonyl (C=O) groups is 2. The summed E-state index contributed by atoms with van der Waals surface area (Å²) in [5, 5.41) is 8.56. The van der Waals surface area contributed by atoms with Crippen LogP contribution in [0.25, 0.3) is 0 Å². The van der Waals surface area contributed by atoms with Crippen LogP contribution >= 0.6 is 0 Å². The van der Waals surface area contributed by atoms with Crippen LogP contribution in [-0.4, -0.2) is 18.4 Å². The topological polar surface area (TPSA) is 67.2 Å². The minimum Gasteiger partial charge on any atom is -0.465 e. The normalized spacial score (nSPS) is 14.0. The zero-order chi connectivity index (χ0) is 10.4. The Labute approximate surface area is 77.5 Å². The Kier molecular flexibility index (Phi) is 4.75. The summed E-state index contributed by atoms with van der Waals surface area (Å²) >= 11 is 0. The molecule has 2 atom stereocenters. The second-order valence-corrected chi connectivity index (χ2v) is 2.76. The lowest BCUT2D eigenvalue weighted by molar-refractivity contribution is -0.152. The van der Waals surface area contributed by atoms with Crippen molar-refractivity contribution in [3.8, 4) is 6.07 Å². The monoisotopic (exact) mass is 183 g/mol. The van der Waals surface area contributed by atoms with Crippen molar-refractivity contribution in [3.05, 3.63) is 0 Å². The molecule has 0 aliphatic heterocycles. The van der Waals surface area contributed by atoms with Gasteiger partial charge < -0.3 is 4.74 Å². The van der Waals surface area contributed by atoms with Crippen LogP contribution in [0.5, 0.6) is 0 Å². The molecule has 0 aliphatic carbocycles. The van der Waals surface area contributed by atoms with Gasteiger partial charge in [-0.15, -0.1) is 0 Å². The lowest BCUT2D eigenvalue weighted by atomic mass is 9.92. The van der Waals surface area contributed by atoms with Gasteiger partial charge in [-0.2, -0.15) is 5.26 Å². The molecule has 0 N–H and O–H groups in total. The Morgan fingerprint density at radius 3 is 2.38 bits per heavy atom. The van der Waals surface area contributed by atoms with E-state index < -0.39 is 17.8 Å². The van der Waals surface area contributed by atoms with Gasteiger partial charge in [-0.1, -0.05) is 0 Å². The van der Waals surface area contributed by atoms with E-state index in [-0.39, 0.29) is 12.4 Å². The molecular formula is C9H13NO3. The average Bonchev–Trinajstić information content (AvgIpc) is 2.04. The standard InChI is InChI=1S/C9H13NO3/c1-4-13-9(12)8(7(3)11)6(2)5-10/h6,8H,4H2,1-3H3. The molecule has 0 fully saturated rings. The number of esters is 1. The van der Waals surface area contributed by atoms with Crippen molar-refractivity contribution in [2.45, 2.75) is 20.8 Å². The Morgan fingerprint density at radius 2 is 2.08 bits per heavy atom. The number of nitriles is 1. The molecule has 0 heterocycles. The van der Waals surface area contributed by atoms with Gasteiger partial charge in [-0.25, -0.2) is 0 Å². The molecule has 0 saturated carbocycles. The highest BCUT2D eigenvalue weighted by molar-refractivity contribution is 5.98. The molecule has 0 aliphatic rings. The summed E-state index contributed by atoms with van der Waals surface area (Å²) in [6.45, 7) is 4.70. The first-order chi connectivity index (χ1) is 6.04. The van der Waals surface area contributed by atoms with Gasteiger partial charge in [0.25, 0.3) is 0 Å². The van der Waals surface area contributed by atoms with E-state index in [0.717, 1.165) is 0 Å². The number of ether oxygens (including phenoxy) is 1. The maximum atomic E-state index is 11.2. The van der Waals surface area contributed by atoms with E-state index in [9.17, 15) is 9.59 Å². The van der Waals surface area contributed by atoms with E-state index in [2.05, 4.69) is 4.74 Å². The van der Waals surface area contributed by atoms with Crippen LogP contribution in [0.2, 0.25) is 0 Å². The Hall–Kier alpha value is -1.37. The fourth-order valence-corrected chi connectivity index (χ4v) is 1.03. The summed E-state index contributed by atoms with van der Waals surface area (Å²) in [6, 6.07) is 1.86. The third-order valence-corrected chi connectivity index (χ3v) is 1.68. The van der Waals surface area contributed by atoms with Crippen LogP contribution < -0.4 is 0 Å². The summed E-state index contributed by atoms with van der Waals surface area (Å²) in [5.41, 5.74) is 0. The van der Waals surface area contributed by atoms with Crippen LogP contribution in [0.15, 0.2) is 0 Å². The smallest absolute Gasteiger partial charge is 0.317 e. The largest absolute Gasteiger partial charge is 0.465 e. The third kappa shape index (κ3) is 3.24. The van der Waals surface area contributed by atoms with Gasteiger partial charge in [0.15, 0.2) is 0 Å². The summed E-state index contributed by atoms with van der Waals surface area (Å²) in [5.74, 6) is -2.50. The molecule has 0 spiro atoms. The van der Waals surface area contributed by atoms with Crippen molar-refractivity contribution in [2.24, 2.45) is 11.8 Å². The van der Waals surface area contributed by atoms with Crippen LogP contribution in [-0.2, 0) is 14.3 Å². The van der Waals surface area contributed by atoms with Crippen LogP contribution in [0.3, 0.4) is 0 Å². The number of ketones is 1. The van der Waals surface area contributed by atoms with Gasteiger partial charge in [-0.05, 0) is 20.8 Å². The van der Waals surface area contributed by atoms with Crippen molar-refractivity contribution < 1.29 is 14.3 Å². The molecule has 13 heavy (non-hydrogen) atoms. The minimum atomic E-state index is -0.940. The van der Waals surface area contributed by atoms with Gasteiger partial charge in [0.1, 0.15) is 11.7 Å². The molecule has 72 valence electrons. The van der Waals surface area contributed by atoms with E-state index >= 15 is 0 Å². The minimum absolute atomic E-state index is 0.223. The fraction of sp³-hybridized carbons (Fsp3) is 0.667. The zero-order valence-corrected chi connectivity index (χ0v) is 8.03. The first kappa shape index (κ1) is 11.6. The highest BCUT2D eigenvalue weighted by atomic mass is 16.5. The summed E-state index contributed by atoms with van der Waals surface area (Å²) in [6.07, 6.45) is 0. The van der Waals surface area contributed by atoms with Gasteiger partial charge in [-0.3, -0.25) is 9.59 Å². The van der Waals surface area contributed by atoms with Gasteiger partial charge in [0, 0.05) is 0 Å². The van der Waals surface area contributed by atoms with E-state index in [1.54, 1.807) is 6.92 Å². The van der Waals surface area contributed by atoms with Crippen LogP contribution in [0.4, 0.5) is 0 Å². The molecule has 0 aromatic heterocycles. The SMILES string of the molecule is CCOC(=O)C(C(C)=O)C(C)C#N. The second-order valence-electron chi connectivity index (χ2n) is 2.76. The molecule has 0 saturated heterocycles. The summed E-state index contributed by atoms with van der Waals surface area (Å²) in [4.78, 5) is 22.2. The molecule has 0 rings (SSSR count). The van der Waals surface area contributed by atoms with Crippen molar-refractivity contribution in [3.63, 3.8) is 0 Å². The highest BCUT2D eigenvalue weighted by Gasteiger charge is 2.30. The number of hydrogen-bond acceptors (Lipinski definition) is 4. The molecule has 0 aromatic rings. The van der Waals surface area contributed by atoms with E-state index in [0.29, 0.717) is 0 Å². The first-order valence-corrected chi connectivity index (χ1v) is 4.11. The molecule has 4 nitrogen and oxygen atoms in total. The Morgan fingerprint density at radius 1 is 1.54 bits per heavy atom. The van der Waals surface area contributed by atoms with E-state index in [4.69, 9.17) is 5.26 Å². The summed E-state index contributed by atoms with van der Waals surface area (Å²) in [7, 11) is 0. The van der Waals surface area contributed by atoms with Gasteiger partial charge >= 0.3 is 5.97 Å². The maximum Gasteiger partial charge on any atom is 0.317 e. The maximum absolute atomic E-state index is 11.2. The average molecular weight is 183 g/mol. The predicted octanol–water partition coefficient (Wildman–Crippen LogP) is 0.914. The van der Waals surface area contributed by atoms with Gasteiger partial charge in [0.2, 0.25) is 0 Å². The molecule has 0 radical (unpaired) electrons. The summed E-state index contributed by atoms with van der Waals surface area (Å²) < 4.78 is 4.68. The quantitative estimate of drug-likeness (QED) is 0.480. The highest BCUT2D eigenvalue weighted by Crippen LogP contribution is 2.13. The van der Waals surface area contributed by atoms with E-state index in [1.807, 2.05) is 6.07 Å². The predicted molar refractivity (Wildman–Crippen MR) is 45.6 cm³/mol. The lowest BCUT2D eigenvalue weighted by Crippen LogP contribution is -2.29. The number of carbonyl (C=O) groups excluding carboxylic acids is 2. The van der Waals surface area contributed by atoms with Crippen LogP contribution in [0.1, 0.15) is 20.8 Å². The second kappa shape index (κ2) is 5.31. The molecule has 0 bridgehead atoms. The Balaban J connectivity index is 4.53. The van der Waals surface area contributed by atoms with Crippen molar-refractivity contribution in [1.29, 1.82) is 5.26 Å². The van der Waals surface area contributed by atoms with Crippen LogP contribution in [0, 0.1) is 23.2 Å². The number of nitrogens with zero attached hydrogens (tertiary/aromatic N) is 1. The fourth-order valence-electron chi connectivity index (χ4n) is 1.03. The molecular weight excluding hydrogens is 170 g/mol. The van der Waals surface area contributed by atoms with Crippen molar-refractivity contribution in [2.75, 3.05) is 6.61 Å². The molecule has 0 amide bonds. The Bertz CT molecular complexity index is 242. The van der Waals surface area contributed by atoms with E-state index in [1.165, 1.54) is 13.8 Å². The first-order valence-electron chi connectivity index (χ1n) is 4.11. The molecule has 4 heteroatoms. The van der Waals surface area contributed by atoms with Crippen molar-refractivity contribution in [1.82, 2.24) is 0 Å². The molecule has 0 aromatic carbocycles. The number of Topliss-reactive ketones (excluding diaryl/α,β-unsaturated/α-hetero) is 1. The third-order valence-electron chi connectivity index (χ3n) is 1.68.